The number of aromatic nitrogens is 2. The van der Waals surface area contributed by atoms with Gasteiger partial charge in [0.15, 0.2) is 0 Å². The average Bonchev–Trinajstić information content (AvgIpc) is 3.55. The molecule has 4 aromatic rings. The van der Waals surface area contributed by atoms with E-state index in [4.69, 9.17) is 4.99 Å². The van der Waals surface area contributed by atoms with E-state index in [1.807, 2.05) is 0 Å². The molecular formula is C27H21N3S. The Balaban J connectivity index is 1.64. The first-order valence-electron chi connectivity index (χ1n) is 10.4. The first-order valence-corrected chi connectivity index (χ1v) is 11.2. The van der Waals surface area contributed by atoms with E-state index in [0.717, 1.165) is 27.8 Å². The molecule has 1 aromatic carbocycles. The van der Waals surface area contributed by atoms with Crippen LogP contribution in [-0.2, 0) is 0 Å². The number of aryl methyl sites for hydroxylation is 1. The second-order valence-corrected chi connectivity index (χ2v) is 9.11. The number of H-pyrrole nitrogens is 2. The van der Waals surface area contributed by atoms with E-state index in [0.29, 0.717) is 0 Å². The number of benzene rings is 1. The maximum absolute atomic E-state index is 4.84. The van der Waals surface area contributed by atoms with Crippen LogP contribution in [0.3, 0.4) is 0 Å². The zero-order valence-corrected chi connectivity index (χ0v) is 17.9. The Kier molecular flexibility index (Phi) is 4.25. The Hall–Kier alpha value is -3.63. The van der Waals surface area contributed by atoms with E-state index in [1.165, 1.54) is 25.8 Å². The molecule has 2 aliphatic rings. The average molecular weight is 420 g/mol. The van der Waals surface area contributed by atoms with Crippen LogP contribution < -0.4 is 19.8 Å². The summed E-state index contributed by atoms with van der Waals surface area (Å²) in [5, 5.41) is 2.15. The molecule has 3 aromatic heterocycles. The Morgan fingerprint density at radius 2 is 1.71 bits per heavy atom. The van der Waals surface area contributed by atoms with Crippen molar-refractivity contribution in [3.63, 3.8) is 0 Å². The maximum Gasteiger partial charge on any atom is 0.0894 e. The maximum atomic E-state index is 4.84. The molecule has 0 fully saturated rings. The Morgan fingerprint density at radius 1 is 0.839 bits per heavy atom. The summed E-state index contributed by atoms with van der Waals surface area (Å²) in [5.41, 5.74) is 6.90. The monoisotopic (exact) mass is 419 g/mol. The van der Waals surface area contributed by atoms with Crippen molar-refractivity contribution in [3.8, 4) is 0 Å². The van der Waals surface area contributed by atoms with Gasteiger partial charge in [-0.3, -0.25) is 4.99 Å². The summed E-state index contributed by atoms with van der Waals surface area (Å²) in [4.78, 5) is 11.9. The summed E-state index contributed by atoms with van der Waals surface area (Å²) in [6, 6.07) is 21.8. The van der Waals surface area contributed by atoms with E-state index < -0.39 is 0 Å². The number of nitrogens with zero attached hydrogens (tertiary/aromatic N) is 1. The molecule has 4 heteroatoms. The molecule has 0 aliphatic carbocycles. The lowest BCUT2D eigenvalue weighted by molar-refractivity contribution is 1.09. The van der Waals surface area contributed by atoms with Gasteiger partial charge in [0, 0.05) is 36.7 Å². The van der Waals surface area contributed by atoms with Crippen LogP contribution in [0.1, 0.15) is 22.5 Å². The second kappa shape index (κ2) is 7.25. The van der Waals surface area contributed by atoms with Gasteiger partial charge in [-0.25, -0.2) is 0 Å². The molecule has 0 spiro atoms. The van der Waals surface area contributed by atoms with Gasteiger partial charge in [-0.1, -0.05) is 35.9 Å². The molecule has 8 bridgehead atoms. The highest BCUT2D eigenvalue weighted by Crippen LogP contribution is 2.21. The molecule has 150 valence electrons. The van der Waals surface area contributed by atoms with Gasteiger partial charge in [0.25, 0.3) is 0 Å². The summed E-state index contributed by atoms with van der Waals surface area (Å²) in [6.07, 6.45) is 10.7. The topological polar surface area (TPSA) is 43.9 Å². The molecule has 2 aliphatic heterocycles. The van der Waals surface area contributed by atoms with Crippen molar-refractivity contribution in [2.75, 3.05) is 0 Å². The molecule has 31 heavy (non-hydrogen) atoms. The molecule has 0 saturated carbocycles. The van der Waals surface area contributed by atoms with Crippen molar-refractivity contribution < 1.29 is 0 Å². The third-order valence-electron chi connectivity index (χ3n) is 5.64. The second-order valence-electron chi connectivity index (χ2n) is 8.00. The number of hydrogen-bond donors (Lipinski definition) is 2. The zero-order chi connectivity index (χ0) is 20.8. The van der Waals surface area contributed by atoms with Gasteiger partial charge >= 0.3 is 0 Å². The van der Waals surface area contributed by atoms with Crippen molar-refractivity contribution in [2.45, 2.75) is 13.0 Å². The van der Waals surface area contributed by atoms with E-state index in [1.54, 1.807) is 11.3 Å². The molecular weight excluding hydrogens is 398 g/mol. The lowest BCUT2D eigenvalue weighted by Gasteiger charge is -2.06. The highest BCUT2D eigenvalue weighted by molar-refractivity contribution is 7.08. The smallest absolute Gasteiger partial charge is 0.0894 e. The summed E-state index contributed by atoms with van der Waals surface area (Å²) in [6.45, 7) is 2.12. The number of fused-ring (bicyclic) bond motifs is 7. The van der Waals surface area contributed by atoms with Crippen molar-refractivity contribution in [1.29, 1.82) is 0 Å². The van der Waals surface area contributed by atoms with Gasteiger partial charge < -0.3 is 9.97 Å². The van der Waals surface area contributed by atoms with Crippen LogP contribution in [0.25, 0.3) is 23.8 Å². The molecule has 1 unspecified atom stereocenters. The SMILES string of the molecule is Cc1ccc(C2=c3ccc(s3)=CC3=NC(C=C3)/C=c3/cc/c([nH]3)=C/c3ccc2[nH]3)cc1. The number of hydrogen-bond acceptors (Lipinski definition) is 2. The summed E-state index contributed by atoms with van der Waals surface area (Å²) in [5.74, 6) is 0. The van der Waals surface area contributed by atoms with Crippen LogP contribution in [0, 0.1) is 6.92 Å². The predicted molar refractivity (Wildman–Crippen MR) is 130 cm³/mol. The molecule has 3 nitrogen and oxygen atoms in total. The fourth-order valence-electron chi connectivity index (χ4n) is 4.10. The predicted octanol–water partition coefficient (Wildman–Crippen LogP) is 2.74. The van der Waals surface area contributed by atoms with Crippen LogP contribution in [0.2, 0.25) is 0 Å². The van der Waals surface area contributed by atoms with Crippen molar-refractivity contribution in [2.24, 2.45) is 4.99 Å². The minimum absolute atomic E-state index is 0.0665. The number of rotatable bonds is 1. The lowest BCUT2D eigenvalue weighted by atomic mass is 10.0. The Bertz CT molecular complexity index is 1590. The largest absolute Gasteiger partial charge is 0.356 e. The number of aromatic amines is 2. The minimum atomic E-state index is 0.0665. The van der Waals surface area contributed by atoms with E-state index in [-0.39, 0.29) is 6.04 Å². The number of aliphatic imine (C=N–C) groups is 1. The van der Waals surface area contributed by atoms with Crippen molar-refractivity contribution in [3.05, 3.63) is 115 Å². The Morgan fingerprint density at radius 3 is 2.61 bits per heavy atom. The molecule has 0 radical (unpaired) electrons. The first-order chi connectivity index (χ1) is 15.2. The summed E-state index contributed by atoms with van der Waals surface area (Å²) in [7, 11) is 0. The van der Waals surface area contributed by atoms with Gasteiger partial charge in [0.1, 0.15) is 0 Å². The van der Waals surface area contributed by atoms with Crippen LogP contribution in [0.15, 0.2) is 77.8 Å². The van der Waals surface area contributed by atoms with Gasteiger partial charge in [0.05, 0.1) is 11.8 Å². The van der Waals surface area contributed by atoms with Crippen LogP contribution >= 0.6 is 11.3 Å². The van der Waals surface area contributed by atoms with Crippen LogP contribution in [0.5, 0.6) is 0 Å². The van der Waals surface area contributed by atoms with E-state index in [2.05, 4.69) is 108 Å². The lowest BCUT2D eigenvalue weighted by Crippen LogP contribution is -2.12. The van der Waals surface area contributed by atoms with Gasteiger partial charge in [-0.15, -0.1) is 11.3 Å². The third kappa shape index (κ3) is 3.56. The Labute approximate surface area is 183 Å². The summed E-state index contributed by atoms with van der Waals surface area (Å²) < 4.78 is 2.44. The quantitative estimate of drug-likeness (QED) is 0.477. The summed E-state index contributed by atoms with van der Waals surface area (Å²) >= 11 is 1.80. The molecule has 6 rings (SSSR count). The number of nitrogens with one attached hydrogen (secondary N) is 2. The van der Waals surface area contributed by atoms with Crippen LogP contribution in [-0.4, -0.2) is 21.7 Å². The third-order valence-corrected chi connectivity index (χ3v) is 6.69. The van der Waals surface area contributed by atoms with E-state index >= 15 is 0 Å². The fourth-order valence-corrected chi connectivity index (χ4v) is 5.13. The van der Waals surface area contributed by atoms with E-state index in [9.17, 15) is 0 Å². The first kappa shape index (κ1) is 18.2. The van der Waals surface area contributed by atoms with Crippen molar-refractivity contribution in [1.82, 2.24) is 9.97 Å². The fraction of sp³-hybridized carbons (Fsp3) is 0.0741. The van der Waals surface area contributed by atoms with Crippen LogP contribution in [0.4, 0.5) is 0 Å². The van der Waals surface area contributed by atoms with Gasteiger partial charge in [-0.05, 0) is 73.2 Å². The van der Waals surface area contributed by atoms with Gasteiger partial charge in [0.2, 0.25) is 0 Å². The molecule has 0 amide bonds. The minimum Gasteiger partial charge on any atom is -0.356 e. The number of allylic oxidation sites excluding steroid dienone is 1. The van der Waals surface area contributed by atoms with Gasteiger partial charge in [-0.2, -0.15) is 0 Å². The molecule has 0 saturated heterocycles. The van der Waals surface area contributed by atoms with Crippen molar-refractivity contribution >= 4 is 40.8 Å². The molecule has 2 N–H and O–H groups in total. The standard InChI is InChI=1S/C27H21N3S/c1-17-2-4-18(5-3-17)27-25-12-10-22(30-25)15-21-7-6-19(28-21)14-20-8-9-23(29-20)16-24-11-13-26(27)31-24/h2-16,20,28,30H,1H3/b19-14-,21-15-,24-16?,27-26?. The molecule has 1 atom stereocenters. The highest BCUT2D eigenvalue weighted by Gasteiger charge is 2.11. The normalized spacial score (nSPS) is 19.2. The number of thiophene rings is 1. The zero-order valence-electron chi connectivity index (χ0n) is 17.1. The highest BCUT2D eigenvalue weighted by atomic mass is 32.1. The molecule has 5 heterocycles.